The van der Waals surface area contributed by atoms with Crippen LogP contribution in [0.5, 0.6) is 0 Å². The molecule has 0 saturated heterocycles. The Labute approximate surface area is 163 Å². The predicted molar refractivity (Wildman–Crippen MR) is 109 cm³/mol. The largest absolute Gasteiger partial charge is 0.466 e. The lowest BCUT2D eigenvalue weighted by Crippen LogP contribution is -2.04. The first-order valence-corrected chi connectivity index (χ1v) is 9.72. The van der Waals surface area contributed by atoms with E-state index in [-0.39, 0.29) is 5.97 Å². The average Bonchev–Trinajstić information content (AvgIpc) is 2.96. The Morgan fingerprint density at radius 1 is 1.46 bits per heavy atom. The summed E-state index contributed by atoms with van der Waals surface area (Å²) < 4.78 is 5.00. The van der Waals surface area contributed by atoms with Gasteiger partial charge in [-0.15, -0.1) is 0 Å². The molecule has 6 heteroatoms. The Morgan fingerprint density at radius 3 is 2.96 bits per heavy atom. The zero-order valence-corrected chi connectivity index (χ0v) is 16.6. The second-order valence-corrected chi connectivity index (χ2v) is 7.13. The fourth-order valence-corrected chi connectivity index (χ4v) is 3.57. The number of aromatic amines is 1. The van der Waals surface area contributed by atoms with Crippen molar-refractivity contribution in [1.82, 2.24) is 9.97 Å². The van der Waals surface area contributed by atoms with E-state index in [4.69, 9.17) is 16.3 Å². The number of fused-ring (bicyclic) bond motifs is 1. The van der Waals surface area contributed by atoms with Gasteiger partial charge in [0.05, 0.1) is 6.61 Å². The molecule has 138 valence electrons. The number of carbonyl (C=O) groups excluding carboxylic acids is 1. The third-order valence-electron chi connectivity index (χ3n) is 3.64. The van der Waals surface area contributed by atoms with Gasteiger partial charge in [0.15, 0.2) is 0 Å². The molecule has 0 atom stereocenters. The maximum absolute atomic E-state index is 11.6. The van der Waals surface area contributed by atoms with Crippen LogP contribution in [-0.2, 0) is 16.0 Å². The van der Waals surface area contributed by atoms with Crippen molar-refractivity contribution in [2.24, 2.45) is 0 Å². The lowest BCUT2D eigenvalue weighted by Gasteiger charge is -2.06. The van der Waals surface area contributed by atoms with Gasteiger partial charge in [-0.2, -0.15) is 0 Å². The van der Waals surface area contributed by atoms with Crippen LogP contribution in [0.15, 0.2) is 58.0 Å². The summed E-state index contributed by atoms with van der Waals surface area (Å²) in [5, 5.41) is 1.56. The Hall–Kier alpha value is -1.98. The molecule has 26 heavy (non-hydrogen) atoms. The summed E-state index contributed by atoms with van der Waals surface area (Å²) in [6.07, 6.45) is 9.39. The van der Waals surface area contributed by atoms with Crippen molar-refractivity contribution in [3.63, 3.8) is 0 Å². The number of aryl methyl sites for hydroxylation is 1. The molecule has 0 radical (unpaired) electrons. The molecule has 0 aliphatic carbocycles. The van der Waals surface area contributed by atoms with Gasteiger partial charge < -0.3 is 9.72 Å². The van der Waals surface area contributed by atoms with Gasteiger partial charge in [0.1, 0.15) is 5.65 Å². The van der Waals surface area contributed by atoms with Gasteiger partial charge in [-0.25, -0.2) is 4.98 Å². The first-order chi connectivity index (χ1) is 12.5. The molecule has 2 aromatic rings. The summed E-state index contributed by atoms with van der Waals surface area (Å²) >= 11 is 7.48. The van der Waals surface area contributed by atoms with Crippen LogP contribution in [0, 0.1) is 0 Å². The van der Waals surface area contributed by atoms with Crippen LogP contribution in [0.2, 0.25) is 0 Å². The number of hydrogen-bond acceptors (Lipinski definition) is 4. The molecule has 0 fully saturated rings. The highest BCUT2D eigenvalue weighted by Crippen LogP contribution is 2.37. The first kappa shape index (κ1) is 20.3. The molecule has 0 saturated carbocycles. The topological polar surface area (TPSA) is 55.0 Å². The number of H-pyrrole nitrogens is 1. The minimum atomic E-state index is -0.159. The number of ether oxygens (including phenoxy) is 1. The molecule has 0 aromatic carbocycles. The van der Waals surface area contributed by atoms with Gasteiger partial charge in [0.25, 0.3) is 0 Å². The van der Waals surface area contributed by atoms with Gasteiger partial charge in [0.2, 0.25) is 0 Å². The molecule has 2 rings (SSSR count). The number of thioether (sulfide) groups is 1. The number of rotatable bonds is 9. The third-order valence-corrected chi connectivity index (χ3v) is 5.05. The number of pyridine rings is 1. The zero-order valence-electron chi connectivity index (χ0n) is 15.0. The van der Waals surface area contributed by atoms with Gasteiger partial charge >= 0.3 is 5.97 Å². The van der Waals surface area contributed by atoms with E-state index in [0.717, 1.165) is 39.4 Å². The monoisotopic (exact) mass is 390 g/mol. The van der Waals surface area contributed by atoms with Crippen molar-refractivity contribution in [3.8, 4) is 0 Å². The van der Waals surface area contributed by atoms with Crippen molar-refractivity contribution in [1.29, 1.82) is 0 Å². The quantitative estimate of drug-likeness (QED) is 0.336. The van der Waals surface area contributed by atoms with E-state index in [9.17, 15) is 4.79 Å². The van der Waals surface area contributed by atoms with Crippen LogP contribution in [-0.4, -0.2) is 22.5 Å². The highest BCUT2D eigenvalue weighted by molar-refractivity contribution is 8.03. The molecular formula is C20H23ClN2O2S. The average molecular weight is 391 g/mol. The van der Waals surface area contributed by atoms with Gasteiger partial charge in [0, 0.05) is 38.5 Å². The fraction of sp³-hybridized carbons (Fsp3) is 0.300. The number of aromatic nitrogens is 2. The number of hydrogen-bond donors (Lipinski definition) is 1. The zero-order chi connectivity index (χ0) is 18.9. The molecule has 0 unspecified atom stereocenters. The Morgan fingerprint density at radius 2 is 2.27 bits per heavy atom. The molecule has 2 heterocycles. The van der Waals surface area contributed by atoms with Crippen LogP contribution in [0.4, 0.5) is 0 Å². The summed E-state index contributed by atoms with van der Waals surface area (Å²) in [5.41, 5.74) is 1.92. The van der Waals surface area contributed by atoms with E-state index >= 15 is 0 Å². The molecule has 2 aromatic heterocycles. The van der Waals surface area contributed by atoms with Crippen molar-refractivity contribution in [2.75, 3.05) is 6.61 Å². The van der Waals surface area contributed by atoms with Crippen molar-refractivity contribution in [2.45, 2.75) is 38.0 Å². The maximum Gasteiger partial charge on any atom is 0.305 e. The van der Waals surface area contributed by atoms with Crippen LogP contribution in [0.3, 0.4) is 0 Å². The number of esters is 1. The second-order valence-electron chi connectivity index (χ2n) is 5.56. The number of carbonyl (C=O) groups is 1. The Balaban J connectivity index is 2.22. The molecule has 0 spiro atoms. The molecule has 0 aliphatic rings. The highest BCUT2D eigenvalue weighted by atomic mass is 35.5. The lowest BCUT2D eigenvalue weighted by molar-refractivity contribution is -0.143. The van der Waals surface area contributed by atoms with E-state index in [1.165, 1.54) is 0 Å². The number of nitrogens with one attached hydrogen (secondary N) is 1. The predicted octanol–water partition coefficient (Wildman–Crippen LogP) is 5.75. The van der Waals surface area contributed by atoms with E-state index in [0.29, 0.717) is 18.1 Å². The summed E-state index contributed by atoms with van der Waals surface area (Å²) in [7, 11) is 0. The molecule has 0 amide bonds. The first-order valence-electron chi connectivity index (χ1n) is 8.53. The van der Waals surface area contributed by atoms with E-state index in [2.05, 4.69) is 16.5 Å². The molecule has 0 aliphatic heterocycles. The summed E-state index contributed by atoms with van der Waals surface area (Å²) in [6.45, 7) is 7.90. The van der Waals surface area contributed by atoms with Gasteiger partial charge in [-0.05, 0) is 51.0 Å². The van der Waals surface area contributed by atoms with Gasteiger partial charge in [-0.3, -0.25) is 4.79 Å². The molecule has 1 N–H and O–H groups in total. The van der Waals surface area contributed by atoms with Gasteiger partial charge in [-0.1, -0.05) is 36.0 Å². The summed E-state index contributed by atoms with van der Waals surface area (Å²) in [6, 6.07) is 3.97. The van der Waals surface area contributed by atoms with E-state index in [1.54, 1.807) is 24.0 Å². The van der Waals surface area contributed by atoms with Crippen molar-refractivity contribution >= 4 is 40.4 Å². The molecular weight excluding hydrogens is 368 g/mol. The standard InChI is InChI=1S/C20H23ClN2O2S/c1-4-15(12-11-14(3)21)26-19-16-8-7-13-22-20(16)23-17(19)9-6-10-18(24)25-5-2/h4,7-8,11-13H,3,5-6,9-10H2,1-2H3,(H,22,23)/b12-11-,15-4+. The van der Waals surface area contributed by atoms with Crippen molar-refractivity contribution in [3.05, 3.63) is 58.8 Å². The fourth-order valence-electron chi connectivity index (χ4n) is 2.47. The number of halogens is 1. The lowest BCUT2D eigenvalue weighted by atomic mass is 10.2. The third kappa shape index (κ3) is 5.78. The number of allylic oxidation sites excluding steroid dienone is 4. The highest BCUT2D eigenvalue weighted by Gasteiger charge is 2.14. The SMILES string of the molecule is C=C(Cl)/C=C\C(=C/C)Sc1c(CCCC(=O)OCC)[nH]c2ncccc12. The smallest absolute Gasteiger partial charge is 0.305 e. The normalized spacial score (nSPS) is 12.0. The number of nitrogens with zero attached hydrogens (tertiary/aromatic N) is 1. The molecule has 4 nitrogen and oxygen atoms in total. The minimum Gasteiger partial charge on any atom is -0.466 e. The minimum absolute atomic E-state index is 0.159. The molecule has 0 bridgehead atoms. The van der Waals surface area contributed by atoms with Crippen LogP contribution < -0.4 is 0 Å². The van der Waals surface area contributed by atoms with Crippen LogP contribution in [0.1, 0.15) is 32.4 Å². The maximum atomic E-state index is 11.6. The summed E-state index contributed by atoms with van der Waals surface area (Å²) in [4.78, 5) is 21.5. The Bertz CT molecular complexity index is 839. The van der Waals surface area contributed by atoms with Crippen LogP contribution in [0.25, 0.3) is 11.0 Å². The van der Waals surface area contributed by atoms with Crippen LogP contribution >= 0.6 is 23.4 Å². The van der Waals surface area contributed by atoms with E-state index < -0.39 is 0 Å². The second kappa shape index (κ2) is 10.2. The van der Waals surface area contributed by atoms with E-state index in [1.807, 2.05) is 38.1 Å². The Kier molecular flexibility index (Phi) is 8.01. The van der Waals surface area contributed by atoms with Crippen molar-refractivity contribution < 1.29 is 9.53 Å². The summed E-state index contributed by atoms with van der Waals surface area (Å²) in [5.74, 6) is -0.159.